The molecule has 4 heteroatoms. The topological polar surface area (TPSA) is 29.9 Å². The van der Waals surface area contributed by atoms with Gasteiger partial charge in [-0.1, -0.05) is 12.1 Å². The molecule has 0 amide bonds. The number of hydrogen-bond acceptors (Lipinski definition) is 2. The van der Waals surface area contributed by atoms with Crippen LogP contribution < -0.4 is 5.32 Å². The standard InChI is InChI=1S/C13H16FN3/c1-10(2)17-9-13(8-16-17)15-7-11-4-3-5-12(14)6-11/h3-6,8-10,15H,7H2,1-2H3. The predicted octanol–water partition coefficient (Wildman–Crippen LogP) is 3.22. The van der Waals surface area contributed by atoms with Crippen molar-refractivity contribution in [2.24, 2.45) is 0 Å². The van der Waals surface area contributed by atoms with Crippen molar-refractivity contribution < 1.29 is 4.39 Å². The molecule has 0 aliphatic rings. The third-order valence-corrected chi connectivity index (χ3v) is 2.52. The van der Waals surface area contributed by atoms with E-state index < -0.39 is 0 Å². The van der Waals surface area contributed by atoms with E-state index in [-0.39, 0.29) is 5.82 Å². The predicted molar refractivity (Wildman–Crippen MR) is 66.3 cm³/mol. The number of halogens is 1. The van der Waals surface area contributed by atoms with E-state index in [4.69, 9.17) is 0 Å². The smallest absolute Gasteiger partial charge is 0.123 e. The molecule has 1 aromatic carbocycles. The highest BCUT2D eigenvalue weighted by Gasteiger charge is 2.01. The van der Waals surface area contributed by atoms with Gasteiger partial charge in [0.25, 0.3) is 0 Å². The van der Waals surface area contributed by atoms with Gasteiger partial charge in [-0.25, -0.2) is 4.39 Å². The van der Waals surface area contributed by atoms with Gasteiger partial charge in [0.15, 0.2) is 0 Å². The molecule has 0 spiro atoms. The lowest BCUT2D eigenvalue weighted by atomic mass is 10.2. The van der Waals surface area contributed by atoms with Crippen molar-refractivity contribution in [2.75, 3.05) is 5.32 Å². The molecule has 0 radical (unpaired) electrons. The second kappa shape index (κ2) is 4.99. The van der Waals surface area contributed by atoms with Crippen LogP contribution in [0.5, 0.6) is 0 Å². The van der Waals surface area contributed by atoms with E-state index >= 15 is 0 Å². The van der Waals surface area contributed by atoms with Gasteiger partial charge >= 0.3 is 0 Å². The zero-order chi connectivity index (χ0) is 12.3. The minimum atomic E-state index is -0.206. The Hall–Kier alpha value is -1.84. The van der Waals surface area contributed by atoms with Crippen molar-refractivity contribution in [2.45, 2.75) is 26.4 Å². The maximum Gasteiger partial charge on any atom is 0.123 e. The number of aromatic nitrogens is 2. The molecule has 2 aromatic rings. The number of anilines is 1. The van der Waals surface area contributed by atoms with Crippen LogP contribution in [0.3, 0.4) is 0 Å². The summed E-state index contributed by atoms with van der Waals surface area (Å²) in [6.45, 7) is 4.74. The molecule has 0 saturated carbocycles. The fourth-order valence-electron chi connectivity index (χ4n) is 1.56. The Morgan fingerprint density at radius 3 is 2.88 bits per heavy atom. The first-order valence-corrected chi connectivity index (χ1v) is 5.67. The van der Waals surface area contributed by atoms with Crippen LogP contribution >= 0.6 is 0 Å². The molecule has 0 aliphatic carbocycles. The lowest BCUT2D eigenvalue weighted by Crippen LogP contribution is -2.01. The van der Waals surface area contributed by atoms with Crippen molar-refractivity contribution in [3.05, 3.63) is 48.0 Å². The number of rotatable bonds is 4. The van der Waals surface area contributed by atoms with Gasteiger partial charge in [0.05, 0.1) is 11.9 Å². The van der Waals surface area contributed by atoms with E-state index in [1.165, 1.54) is 12.1 Å². The van der Waals surface area contributed by atoms with E-state index in [9.17, 15) is 4.39 Å². The lowest BCUT2D eigenvalue weighted by Gasteiger charge is -2.05. The van der Waals surface area contributed by atoms with E-state index in [0.29, 0.717) is 12.6 Å². The molecular formula is C13H16FN3. The maximum absolute atomic E-state index is 13.0. The van der Waals surface area contributed by atoms with Crippen LogP contribution in [0.15, 0.2) is 36.7 Å². The monoisotopic (exact) mass is 233 g/mol. The van der Waals surface area contributed by atoms with Crippen molar-refractivity contribution in [3.8, 4) is 0 Å². The van der Waals surface area contributed by atoms with Gasteiger partial charge in [0.2, 0.25) is 0 Å². The summed E-state index contributed by atoms with van der Waals surface area (Å²) in [4.78, 5) is 0. The molecule has 1 aromatic heterocycles. The van der Waals surface area contributed by atoms with Crippen LogP contribution in [0.1, 0.15) is 25.5 Å². The second-order valence-corrected chi connectivity index (χ2v) is 4.29. The summed E-state index contributed by atoms with van der Waals surface area (Å²) in [5.41, 5.74) is 1.87. The second-order valence-electron chi connectivity index (χ2n) is 4.29. The molecule has 0 bridgehead atoms. The summed E-state index contributed by atoms with van der Waals surface area (Å²) in [5, 5.41) is 7.44. The van der Waals surface area contributed by atoms with Gasteiger partial charge in [-0.3, -0.25) is 4.68 Å². The maximum atomic E-state index is 13.0. The summed E-state index contributed by atoms with van der Waals surface area (Å²) in [6.07, 6.45) is 3.73. The largest absolute Gasteiger partial charge is 0.378 e. The van der Waals surface area contributed by atoms with Crippen LogP contribution in [0.4, 0.5) is 10.1 Å². The van der Waals surface area contributed by atoms with Gasteiger partial charge in [-0.15, -0.1) is 0 Å². The minimum absolute atomic E-state index is 0.206. The first-order valence-electron chi connectivity index (χ1n) is 5.67. The van der Waals surface area contributed by atoms with E-state index in [2.05, 4.69) is 24.3 Å². The first kappa shape index (κ1) is 11.6. The van der Waals surface area contributed by atoms with Gasteiger partial charge in [-0.2, -0.15) is 5.10 Å². The SMILES string of the molecule is CC(C)n1cc(NCc2cccc(F)c2)cn1. The molecule has 0 atom stereocenters. The molecular weight excluding hydrogens is 217 g/mol. The Kier molecular flexibility index (Phi) is 3.42. The number of nitrogens with zero attached hydrogens (tertiary/aromatic N) is 2. The molecule has 0 unspecified atom stereocenters. The fourth-order valence-corrected chi connectivity index (χ4v) is 1.56. The summed E-state index contributed by atoms with van der Waals surface area (Å²) in [7, 11) is 0. The highest BCUT2D eigenvalue weighted by atomic mass is 19.1. The molecule has 0 fully saturated rings. The van der Waals surface area contributed by atoms with Crippen molar-refractivity contribution in [3.63, 3.8) is 0 Å². The molecule has 1 N–H and O–H groups in total. The van der Waals surface area contributed by atoms with Crippen molar-refractivity contribution in [1.82, 2.24) is 9.78 Å². The highest BCUT2D eigenvalue weighted by Crippen LogP contribution is 2.12. The third-order valence-electron chi connectivity index (χ3n) is 2.52. The molecule has 0 saturated heterocycles. The average molecular weight is 233 g/mol. The highest BCUT2D eigenvalue weighted by molar-refractivity contribution is 5.39. The van der Waals surface area contributed by atoms with Gasteiger partial charge in [0.1, 0.15) is 5.82 Å². The quantitative estimate of drug-likeness (QED) is 0.878. The zero-order valence-corrected chi connectivity index (χ0v) is 10.0. The van der Waals surface area contributed by atoms with E-state index in [1.807, 2.05) is 16.9 Å². The third kappa shape index (κ3) is 3.06. The molecule has 17 heavy (non-hydrogen) atoms. The van der Waals surface area contributed by atoms with Crippen LogP contribution in [0, 0.1) is 5.82 Å². The van der Waals surface area contributed by atoms with Crippen LogP contribution in [0.25, 0.3) is 0 Å². The molecule has 0 aliphatic heterocycles. The molecule has 2 rings (SSSR count). The fraction of sp³-hybridized carbons (Fsp3) is 0.308. The number of hydrogen-bond donors (Lipinski definition) is 1. The first-order chi connectivity index (χ1) is 8.15. The number of nitrogens with one attached hydrogen (secondary N) is 1. The summed E-state index contributed by atoms with van der Waals surface area (Å²) in [6, 6.07) is 6.92. The Labute approximate surface area is 100 Å². The van der Waals surface area contributed by atoms with Crippen LogP contribution in [-0.4, -0.2) is 9.78 Å². The van der Waals surface area contributed by atoms with Gasteiger partial charge in [0, 0.05) is 18.8 Å². The molecule has 1 heterocycles. The van der Waals surface area contributed by atoms with E-state index in [1.54, 1.807) is 12.3 Å². The Balaban J connectivity index is 1.97. The van der Waals surface area contributed by atoms with Crippen LogP contribution in [0.2, 0.25) is 0 Å². The Morgan fingerprint density at radius 2 is 2.24 bits per heavy atom. The Bertz CT molecular complexity index is 491. The summed E-state index contributed by atoms with van der Waals surface area (Å²) >= 11 is 0. The zero-order valence-electron chi connectivity index (χ0n) is 10.0. The lowest BCUT2D eigenvalue weighted by molar-refractivity contribution is 0.532. The average Bonchev–Trinajstić information content (AvgIpc) is 2.75. The number of benzene rings is 1. The molecule has 90 valence electrons. The van der Waals surface area contributed by atoms with Crippen LogP contribution in [-0.2, 0) is 6.54 Å². The minimum Gasteiger partial charge on any atom is -0.378 e. The molecule has 3 nitrogen and oxygen atoms in total. The Morgan fingerprint density at radius 1 is 1.41 bits per heavy atom. The summed E-state index contributed by atoms with van der Waals surface area (Å²) in [5.74, 6) is -0.206. The normalized spacial score (nSPS) is 10.8. The van der Waals surface area contributed by atoms with Crippen molar-refractivity contribution in [1.29, 1.82) is 0 Å². The van der Waals surface area contributed by atoms with E-state index in [0.717, 1.165) is 11.3 Å². The van der Waals surface area contributed by atoms with Gasteiger partial charge < -0.3 is 5.32 Å². The van der Waals surface area contributed by atoms with Crippen molar-refractivity contribution >= 4 is 5.69 Å². The van der Waals surface area contributed by atoms with Gasteiger partial charge in [-0.05, 0) is 31.5 Å². The summed E-state index contributed by atoms with van der Waals surface area (Å²) < 4.78 is 14.8.